The van der Waals surface area contributed by atoms with Crippen LogP contribution in [0, 0.1) is 6.92 Å². The van der Waals surface area contributed by atoms with Crippen molar-refractivity contribution in [2.24, 2.45) is 5.73 Å². The summed E-state index contributed by atoms with van der Waals surface area (Å²) in [6.45, 7) is 1.81. The Balaban J connectivity index is 1.45. The fourth-order valence-electron chi connectivity index (χ4n) is 3.38. The number of nitrogens with zero attached hydrogens (tertiary/aromatic N) is 3. The number of hydrogen-bond acceptors (Lipinski definition) is 8. The summed E-state index contributed by atoms with van der Waals surface area (Å²) in [5.41, 5.74) is 7.74. The summed E-state index contributed by atoms with van der Waals surface area (Å²) >= 11 is 2.59. The lowest BCUT2D eigenvalue weighted by molar-refractivity contribution is -0.113. The van der Waals surface area contributed by atoms with Gasteiger partial charge in [-0.2, -0.15) is 0 Å². The van der Waals surface area contributed by atoms with Gasteiger partial charge in [0.2, 0.25) is 11.1 Å². The van der Waals surface area contributed by atoms with Gasteiger partial charge in [-0.05, 0) is 44.2 Å². The van der Waals surface area contributed by atoms with E-state index in [1.54, 1.807) is 19.3 Å². The van der Waals surface area contributed by atoms with Crippen LogP contribution < -0.4 is 16.9 Å². The highest BCUT2D eigenvalue weighted by molar-refractivity contribution is 7.99. The Morgan fingerprint density at radius 2 is 2.14 bits per heavy atom. The van der Waals surface area contributed by atoms with Crippen LogP contribution in [0.4, 0.5) is 5.00 Å². The number of thiophene rings is 1. The minimum absolute atomic E-state index is 0.0699. The number of thioether (sulfide) groups is 1. The van der Waals surface area contributed by atoms with Gasteiger partial charge in [0.1, 0.15) is 10.8 Å². The highest BCUT2D eigenvalue weighted by Crippen LogP contribution is 2.38. The van der Waals surface area contributed by atoms with Crippen LogP contribution in [0.25, 0.3) is 11.4 Å². The van der Waals surface area contributed by atoms with E-state index in [0.717, 1.165) is 53.4 Å². The Labute approximate surface area is 174 Å². The molecule has 11 heteroatoms. The summed E-state index contributed by atoms with van der Waals surface area (Å²) in [6.07, 6.45) is 5.40. The van der Waals surface area contributed by atoms with Crippen molar-refractivity contribution in [3.63, 3.8) is 0 Å². The van der Waals surface area contributed by atoms with Crippen molar-refractivity contribution in [1.29, 1.82) is 0 Å². The van der Waals surface area contributed by atoms with E-state index in [9.17, 15) is 9.59 Å². The van der Waals surface area contributed by atoms with Crippen molar-refractivity contribution >= 4 is 39.9 Å². The Morgan fingerprint density at radius 1 is 1.34 bits per heavy atom. The molecule has 0 radical (unpaired) electrons. The maximum Gasteiger partial charge on any atom is 0.251 e. The number of carbonyl (C=O) groups excluding carboxylic acids is 2. The van der Waals surface area contributed by atoms with Crippen molar-refractivity contribution in [1.82, 2.24) is 14.9 Å². The molecule has 1 aliphatic carbocycles. The molecule has 0 saturated heterocycles. The van der Waals surface area contributed by atoms with Gasteiger partial charge in [0, 0.05) is 4.88 Å². The van der Waals surface area contributed by atoms with Gasteiger partial charge in [0.15, 0.2) is 5.82 Å². The molecule has 4 rings (SSSR count). The standard InChI is InChI=1S/C18H20N6O3S2/c1-9-10(6-7-27-9)16-22-23-18(24(16)20)28-8-13(25)21-17-14(15(19)26)11-4-2-3-5-12(11)29-17/h6-7H,2-5,8,20H2,1H3,(H2,19,26)(H,21,25). The molecular formula is C18H20N6O3S2. The predicted octanol–water partition coefficient (Wildman–Crippen LogP) is 2.33. The molecule has 1 aliphatic rings. The fraction of sp³-hybridized carbons (Fsp3) is 0.333. The molecule has 2 amide bonds. The molecule has 29 heavy (non-hydrogen) atoms. The highest BCUT2D eigenvalue weighted by atomic mass is 32.2. The number of aromatic nitrogens is 3. The molecule has 0 saturated carbocycles. The zero-order valence-corrected chi connectivity index (χ0v) is 17.4. The first-order valence-electron chi connectivity index (χ1n) is 9.07. The summed E-state index contributed by atoms with van der Waals surface area (Å²) in [7, 11) is 0. The Bertz CT molecular complexity index is 1080. The molecule has 3 aromatic rings. The summed E-state index contributed by atoms with van der Waals surface area (Å²) in [5.74, 6) is 6.51. The first-order valence-corrected chi connectivity index (χ1v) is 10.9. The third-order valence-electron chi connectivity index (χ3n) is 4.77. The first-order chi connectivity index (χ1) is 14.0. The molecule has 3 heterocycles. The number of furan rings is 1. The molecule has 0 spiro atoms. The van der Waals surface area contributed by atoms with E-state index >= 15 is 0 Å². The second-order valence-corrected chi connectivity index (χ2v) is 8.73. The number of nitrogen functional groups attached to an aromatic ring is 1. The average molecular weight is 433 g/mol. The zero-order chi connectivity index (χ0) is 20.5. The van der Waals surface area contributed by atoms with Crippen LogP contribution in [-0.2, 0) is 17.6 Å². The quantitative estimate of drug-likeness (QED) is 0.401. The van der Waals surface area contributed by atoms with Crippen molar-refractivity contribution in [3.05, 3.63) is 34.1 Å². The van der Waals surface area contributed by atoms with Crippen molar-refractivity contribution in [2.45, 2.75) is 37.8 Å². The maximum absolute atomic E-state index is 12.5. The fourth-order valence-corrected chi connectivity index (χ4v) is 5.35. The molecule has 152 valence electrons. The number of anilines is 1. The van der Waals surface area contributed by atoms with Crippen LogP contribution >= 0.6 is 23.1 Å². The van der Waals surface area contributed by atoms with Crippen molar-refractivity contribution in [3.8, 4) is 11.4 Å². The van der Waals surface area contributed by atoms with Gasteiger partial charge < -0.3 is 21.3 Å². The number of fused-ring (bicyclic) bond motifs is 1. The normalized spacial score (nSPS) is 13.3. The van der Waals surface area contributed by atoms with Gasteiger partial charge >= 0.3 is 0 Å². The Morgan fingerprint density at radius 3 is 2.86 bits per heavy atom. The van der Waals surface area contributed by atoms with Crippen LogP contribution in [0.3, 0.4) is 0 Å². The highest BCUT2D eigenvalue weighted by Gasteiger charge is 2.25. The second-order valence-electron chi connectivity index (χ2n) is 6.68. The van der Waals surface area contributed by atoms with Crippen LogP contribution in [0.1, 0.15) is 39.4 Å². The SMILES string of the molecule is Cc1occc1-c1nnc(SCC(=O)Nc2sc3c(c2C(N)=O)CCCC3)n1N. The van der Waals surface area contributed by atoms with Gasteiger partial charge in [0.25, 0.3) is 5.91 Å². The predicted molar refractivity (Wildman–Crippen MR) is 111 cm³/mol. The molecular weight excluding hydrogens is 412 g/mol. The van der Waals surface area contributed by atoms with E-state index in [-0.39, 0.29) is 11.7 Å². The second kappa shape index (κ2) is 7.91. The van der Waals surface area contributed by atoms with Gasteiger partial charge in [-0.3, -0.25) is 9.59 Å². The van der Waals surface area contributed by atoms with Gasteiger partial charge in [-0.25, -0.2) is 4.68 Å². The third-order valence-corrected chi connectivity index (χ3v) is 6.92. The number of primary amides is 1. The monoisotopic (exact) mass is 432 g/mol. The Kier molecular flexibility index (Phi) is 5.33. The lowest BCUT2D eigenvalue weighted by Crippen LogP contribution is -2.20. The molecule has 5 N–H and O–H groups in total. The minimum Gasteiger partial charge on any atom is -0.469 e. The van der Waals surface area contributed by atoms with Gasteiger partial charge in [-0.1, -0.05) is 11.8 Å². The lowest BCUT2D eigenvalue weighted by Gasteiger charge is -2.11. The number of nitrogens with one attached hydrogen (secondary N) is 1. The lowest BCUT2D eigenvalue weighted by atomic mass is 9.95. The number of nitrogens with two attached hydrogens (primary N) is 2. The van der Waals surface area contributed by atoms with Crippen molar-refractivity contribution < 1.29 is 14.0 Å². The first kappa shape index (κ1) is 19.5. The number of amides is 2. The topological polar surface area (TPSA) is 142 Å². The molecule has 0 unspecified atom stereocenters. The smallest absolute Gasteiger partial charge is 0.251 e. The largest absolute Gasteiger partial charge is 0.469 e. The molecule has 0 bridgehead atoms. The Hall–Kier alpha value is -2.79. The summed E-state index contributed by atoms with van der Waals surface area (Å²) < 4.78 is 6.60. The molecule has 0 aliphatic heterocycles. The van der Waals surface area contributed by atoms with Crippen LogP contribution in [-0.4, -0.2) is 32.4 Å². The van der Waals surface area contributed by atoms with Crippen LogP contribution in [0.5, 0.6) is 0 Å². The van der Waals surface area contributed by atoms with Gasteiger partial charge in [0.05, 0.1) is 23.1 Å². The molecule has 9 nitrogen and oxygen atoms in total. The third kappa shape index (κ3) is 3.75. The van der Waals surface area contributed by atoms with Crippen molar-refractivity contribution in [2.75, 3.05) is 16.9 Å². The summed E-state index contributed by atoms with van der Waals surface area (Å²) in [4.78, 5) is 25.5. The number of hydrogen-bond donors (Lipinski definition) is 3. The van der Waals surface area contributed by atoms with E-state index < -0.39 is 5.91 Å². The molecule has 3 aromatic heterocycles. The van der Waals surface area contributed by atoms with E-state index in [4.69, 9.17) is 16.0 Å². The minimum atomic E-state index is -0.505. The molecule has 0 atom stereocenters. The molecule has 0 aromatic carbocycles. The van der Waals surface area contributed by atoms with E-state index in [1.807, 2.05) is 0 Å². The van der Waals surface area contributed by atoms with E-state index in [0.29, 0.717) is 27.3 Å². The zero-order valence-electron chi connectivity index (χ0n) is 15.7. The average Bonchev–Trinajstić information content (AvgIpc) is 3.36. The number of carbonyl (C=O) groups is 2. The van der Waals surface area contributed by atoms with Gasteiger partial charge in [-0.15, -0.1) is 21.5 Å². The number of rotatable bonds is 6. The van der Waals surface area contributed by atoms with Crippen LogP contribution in [0.15, 0.2) is 21.9 Å². The van der Waals surface area contributed by atoms with Crippen LogP contribution in [0.2, 0.25) is 0 Å². The van der Waals surface area contributed by atoms with E-state index in [2.05, 4.69) is 15.5 Å². The maximum atomic E-state index is 12.5. The summed E-state index contributed by atoms with van der Waals surface area (Å²) in [6, 6.07) is 1.76. The van der Waals surface area contributed by atoms with E-state index in [1.165, 1.54) is 16.0 Å². The summed E-state index contributed by atoms with van der Waals surface area (Å²) in [5, 5.41) is 11.9. The molecule has 0 fully saturated rings. The number of aryl methyl sites for hydroxylation is 2.